The van der Waals surface area contributed by atoms with Gasteiger partial charge in [0.25, 0.3) is 5.91 Å². The van der Waals surface area contributed by atoms with Gasteiger partial charge >= 0.3 is 0 Å². The van der Waals surface area contributed by atoms with Crippen LogP contribution < -0.4 is 10.6 Å². The zero-order valence-electron chi connectivity index (χ0n) is 18.6. The summed E-state index contributed by atoms with van der Waals surface area (Å²) in [5, 5.41) is 4.21. The quantitative estimate of drug-likeness (QED) is 0.700. The number of benzene rings is 2. The van der Waals surface area contributed by atoms with Crippen molar-refractivity contribution < 1.29 is 9.63 Å². The van der Waals surface area contributed by atoms with Crippen molar-refractivity contribution in [3.8, 4) is 11.1 Å². The van der Waals surface area contributed by atoms with Gasteiger partial charge in [-0.05, 0) is 55.8 Å². The average Bonchev–Trinajstić information content (AvgIpc) is 3.38. The molecular weight excluding hydrogens is 390 g/mol. The fourth-order valence-electron chi connectivity index (χ4n) is 4.38. The molecule has 0 radical (unpaired) electrons. The second kappa shape index (κ2) is 8.51. The van der Waals surface area contributed by atoms with E-state index in [0.29, 0.717) is 12.0 Å². The Kier molecular flexibility index (Phi) is 5.78. The van der Waals surface area contributed by atoms with Crippen LogP contribution in [0.2, 0.25) is 0 Å². The number of nitrogens with two attached hydrogens (primary N) is 1. The maximum absolute atomic E-state index is 12.4. The number of amides is 1. The molecule has 1 aliphatic heterocycles. The number of carbonyl (C=O) groups excluding carboxylic acids is 1. The van der Waals surface area contributed by atoms with Gasteiger partial charge in [0.05, 0.1) is 22.6 Å². The molecule has 0 spiro atoms. The van der Waals surface area contributed by atoms with Crippen molar-refractivity contribution in [2.45, 2.75) is 19.3 Å². The van der Waals surface area contributed by atoms with E-state index in [1.165, 1.54) is 5.56 Å². The monoisotopic (exact) mass is 419 g/mol. The summed E-state index contributed by atoms with van der Waals surface area (Å²) in [6.45, 7) is 1.65. The Bertz CT molecular complexity index is 1090. The first-order valence-electron chi connectivity index (χ1n) is 10.5. The fraction of sp³-hybridized carbons (Fsp3) is 0.375. The van der Waals surface area contributed by atoms with Crippen LogP contribution in [0.4, 0.5) is 11.4 Å². The number of carbonyl (C=O) groups is 1. The summed E-state index contributed by atoms with van der Waals surface area (Å²) in [5.74, 6) is -0.413. The van der Waals surface area contributed by atoms with Crippen molar-refractivity contribution in [3.63, 3.8) is 0 Å². The van der Waals surface area contributed by atoms with Crippen molar-refractivity contribution in [2.24, 2.45) is 15.9 Å². The minimum atomic E-state index is -0.413. The molecule has 2 aromatic carbocycles. The molecule has 0 saturated heterocycles. The number of nitrogens with zero attached hydrogens (tertiary/aromatic N) is 4. The summed E-state index contributed by atoms with van der Waals surface area (Å²) in [6.07, 6.45) is 4.31. The van der Waals surface area contributed by atoms with E-state index in [1.54, 1.807) is 7.11 Å². The van der Waals surface area contributed by atoms with Gasteiger partial charge in [0.1, 0.15) is 7.11 Å². The van der Waals surface area contributed by atoms with E-state index < -0.39 is 5.91 Å². The van der Waals surface area contributed by atoms with E-state index in [1.807, 2.05) is 27.4 Å². The minimum absolute atomic E-state index is 0.413. The minimum Gasteiger partial charge on any atom is -0.399 e. The van der Waals surface area contributed by atoms with Crippen LogP contribution in [0.15, 0.2) is 34.4 Å². The zero-order chi connectivity index (χ0) is 22.1. The normalized spacial score (nSPS) is 15.5. The van der Waals surface area contributed by atoms with Crippen molar-refractivity contribution >= 4 is 29.2 Å². The van der Waals surface area contributed by atoms with E-state index in [0.717, 1.165) is 65.3 Å². The highest BCUT2D eigenvalue weighted by Gasteiger charge is 2.27. The number of hydrogen-bond acceptors (Lipinski definition) is 6. The first-order chi connectivity index (χ1) is 14.9. The van der Waals surface area contributed by atoms with E-state index >= 15 is 0 Å². The largest absolute Gasteiger partial charge is 0.399 e. The van der Waals surface area contributed by atoms with Crippen LogP contribution in [0.3, 0.4) is 0 Å². The summed E-state index contributed by atoms with van der Waals surface area (Å²) < 4.78 is 0. The van der Waals surface area contributed by atoms with Crippen LogP contribution >= 0.6 is 0 Å². The van der Waals surface area contributed by atoms with E-state index in [2.05, 4.69) is 44.2 Å². The standard InChI is InChI=1S/C24H29N5O2/c1-28(2)11-12-29(3)21-14-19(23-17(9-10-26-23)22(21)24(25)30)16-6-5-15-7-8-20(27-31-4)18(15)13-16/h5-6,10,13-14H,7-9,11-12H2,1-4H3,(H2,25,30). The number of fused-ring (bicyclic) bond motifs is 2. The third-order valence-electron chi connectivity index (χ3n) is 6.00. The molecule has 4 rings (SSSR count). The predicted octanol–water partition coefficient (Wildman–Crippen LogP) is 3.01. The maximum Gasteiger partial charge on any atom is 0.251 e. The van der Waals surface area contributed by atoms with Crippen molar-refractivity contribution in [2.75, 3.05) is 46.2 Å². The number of oxime groups is 1. The van der Waals surface area contributed by atoms with Crippen molar-refractivity contribution in [3.05, 3.63) is 46.5 Å². The summed E-state index contributed by atoms with van der Waals surface area (Å²) in [5.41, 5.74) is 14.4. The van der Waals surface area contributed by atoms with Gasteiger partial charge in [-0.15, -0.1) is 0 Å². The Morgan fingerprint density at radius 2 is 1.97 bits per heavy atom. The third kappa shape index (κ3) is 3.93. The molecule has 2 aliphatic rings. The molecular formula is C24H29N5O2. The molecule has 0 bridgehead atoms. The first kappa shape index (κ1) is 21.1. The lowest BCUT2D eigenvalue weighted by Gasteiger charge is -2.26. The molecule has 31 heavy (non-hydrogen) atoms. The number of aryl methyl sites for hydroxylation is 1. The van der Waals surface area contributed by atoms with Gasteiger partial charge in [-0.3, -0.25) is 9.79 Å². The summed E-state index contributed by atoms with van der Waals surface area (Å²) in [4.78, 5) is 26.3. The van der Waals surface area contributed by atoms with Crippen LogP contribution in [0.25, 0.3) is 11.1 Å². The Morgan fingerprint density at radius 1 is 1.16 bits per heavy atom. The second-order valence-electron chi connectivity index (χ2n) is 8.34. The average molecular weight is 420 g/mol. The Labute approximate surface area is 183 Å². The van der Waals surface area contributed by atoms with E-state index in [4.69, 9.17) is 10.6 Å². The molecule has 2 N–H and O–H groups in total. The lowest BCUT2D eigenvalue weighted by molar-refractivity contribution is 0.1000. The third-order valence-corrected chi connectivity index (χ3v) is 6.00. The molecule has 0 fully saturated rings. The van der Waals surface area contributed by atoms with Crippen LogP contribution in [-0.2, 0) is 17.7 Å². The second-order valence-corrected chi connectivity index (χ2v) is 8.34. The lowest BCUT2D eigenvalue weighted by Crippen LogP contribution is -2.30. The molecule has 2 aromatic rings. The molecule has 7 heteroatoms. The van der Waals surface area contributed by atoms with Gasteiger partial charge in [0, 0.05) is 43.9 Å². The number of aliphatic imine (C=N–C) groups is 1. The molecule has 1 heterocycles. The lowest BCUT2D eigenvalue weighted by atomic mass is 9.92. The number of likely N-dealkylation sites (N-methyl/N-ethyl adjacent to an activating group) is 2. The van der Waals surface area contributed by atoms with Gasteiger partial charge in [-0.1, -0.05) is 17.3 Å². The van der Waals surface area contributed by atoms with Crippen LogP contribution in [0.5, 0.6) is 0 Å². The topological polar surface area (TPSA) is 83.5 Å². The number of primary amides is 1. The van der Waals surface area contributed by atoms with Crippen LogP contribution in [0, 0.1) is 0 Å². The van der Waals surface area contributed by atoms with E-state index in [-0.39, 0.29) is 0 Å². The first-order valence-corrected chi connectivity index (χ1v) is 10.5. The molecule has 0 unspecified atom stereocenters. The number of rotatable bonds is 7. The van der Waals surface area contributed by atoms with Gasteiger partial charge in [-0.25, -0.2) is 0 Å². The Morgan fingerprint density at radius 3 is 2.68 bits per heavy atom. The molecule has 1 aliphatic carbocycles. The summed E-state index contributed by atoms with van der Waals surface area (Å²) in [7, 11) is 7.65. The van der Waals surface area contributed by atoms with Crippen LogP contribution in [-0.4, -0.2) is 64.1 Å². The Hall–Kier alpha value is -3.19. The van der Waals surface area contributed by atoms with Gasteiger partial charge < -0.3 is 20.4 Å². The zero-order valence-corrected chi connectivity index (χ0v) is 18.6. The number of hydrogen-bond donors (Lipinski definition) is 1. The fourth-order valence-corrected chi connectivity index (χ4v) is 4.38. The summed E-state index contributed by atoms with van der Waals surface area (Å²) >= 11 is 0. The number of anilines is 1. The predicted molar refractivity (Wildman–Crippen MR) is 126 cm³/mol. The highest BCUT2D eigenvalue weighted by Crippen LogP contribution is 2.43. The van der Waals surface area contributed by atoms with Crippen molar-refractivity contribution in [1.29, 1.82) is 0 Å². The maximum atomic E-state index is 12.4. The van der Waals surface area contributed by atoms with Gasteiger partial charge in [-0.2, -0.15) is 0 Å². The molecule has 0 atom stereocenters. The van der Waals surface area contributed by atoms with Gasteiger partial charge in [0.15, 0.2) is 0 Å². The highest BCUT2D eigenvalue weighted by molar-refractivity contribution is 6.08. The Balaban J connectivity index is 1.86. The molecule has 0 aromatic heterocycles. The highest BCUT2D eigenvalue weighted by atomic mass is 16.6. The summed E-state index contributed by atoms with van der Waals surface area (Å²) in [6, 6.07) is 8.51. The molecule has 162 valence electrons. The SMILES string of the molecule is CON=C1CCc2ccc(-c3cc(N(C)CCN(C)C)c(C(N)=O)c4c3N=CC4)cc21. The smallest absolute Gasteiger partial charge is 0.251 e. The molecule has 1 amide bonds. The molecule has 0 saturated carbocycles. The van der Waals surface area contributed by atoms with Crippen molar-refractivity contribution in [1.82, 2.24) is 4.90 Å². The molecule has 7 nitrogen and oxygen atoms in total. The van der Waals surface area contributed by atoms with E-state index in [9.17, 15) is 4.79 Å². The van der Waals surface area contributed by atoms with Gasteiger partial charge in [0.2, 0.25) is 0 Å². The van der Waals surface area contributed by atoms with Crippen LogP contribution in [0.1, 0.15) is 33.5 Å².